The molecule has 1 atom stereocenters. The lowest BCUT2D eigenvalue weighted by Crippen LogP contribution is -2.30. The molecule has 0 bridgehead atoms. The zero-order valence-corrected chi connectivity index (χ0v) is 14.6. The Morgan fingerprint density at radius 2 is 1.25 bits per heavy atom. The van der Waals surface area contributed by atoms with Crippen LogP contribution >= 0.6 is 0 Å². The highest BCUT2D eigenvalue weighted by atomic mass is 14.9. The minimum Gasteiger partial charge on any atom is -0.314 e. The maximum atomic E-state index is 3.78. The summed E-state index contributed by atoms with van der Waals surface area (Å²) in [6, 6.07) is 1.45. The molecular weight excluding hydrogens is 244 g/mol. The quantitative estimate of drug-likeness (QED) is 0.419. The molecule has 2 heteroatoms. The second-order valence-corrected chi connectivity index (χ2v) is 6.26. The molecule has 0 spiro atoms. The predicted molar refractivity (Wildman–Crippen MR) is 92.4 cm³/mol. The number of unbranched alkanes of at least 4 members (excludes halogenated alkanes) is 4. The Labute approximate surface area is 128 Å². The number of nitrogens with one attached hydrogen (secondary N) is 2. The number of hydrogen-bond donors (Lipinski definition) is 2. The van der Waals surface area contributed by atoms with E-state index in [1.165, 1.54) is 77.3 Å². The maximum absolute atomic E-state index is 3.78. The van der Waals surface area contributed by atoms with Crippen LogP contribution in [0.2, 0.25) is 0 Å². The number of rotatable bonds is 15. The van der Waals surface area contributed by atoms with Crippen molar-refractivity contribution in [1.29, 1.82) is 0 Å². The van der Waals surface area contributed by atoms with Crippen LogP contribution in [-0.2, 0) is 0 Å². The summed E-state index contributed by atoms with van der Waals surface area (Å²) in [4.78, 5) is 0. The lowest BCUT2D eigenvalue weighted by Gasteiger charge is -2.18. The zero-order valence-electron chi connectivity index (χ0n) is 14.6. The van der Waals surface area contributed by atoms with E-state index in [0.717, 1.165) is 6.04 Å². The molecule has 1 unspecified atom stereocenters. The van der Waals surface area contributed by atoms with E-state index in [1.54, 1.807) is 0 Å². The van der Waals surface area contributed by atoms with Crippen molar-refractivity contribution < 1.29 is 0 Å². The first kappa shape index (κ1) is 19.9. The first-order valence-corrected chi connectivity index (χ1v) is 9.21. The standard InChI is InChI=1S/C18H40N2/c1-5-8-13-18(14-9-6-2)20-16-12-10-11-15-19-17(4)7-3/h17-20H,5-16H2,1-4H3. The van der Waals surface area contributed by atoms with E-state index in [2.05, 4.69) is 38.3 Å². The summed E-state index contributed by atoms with van der Waals surface area (Å²) >= 11 is 0. The first-order chi connectivity index (χ1) is 9.74. The van der Waals surface area contributed by atoms with Gasteiger partial charge in [0.05, 0.1) is 0 Å². The Hall–Kier alpha value is -0.0800. The summed E-state index contributed by atoms with van der Waals surface area (Å²) in [5, 5.41) is 7.35. The molecule has 0 fully saturated rings. The average Bonchev–Trinajstić information content (AvgIpc) is 2.47. The molecule has 122 valence electrons. The van der Waals surface area contributed by atoms with Crippen molar-refractivity contribution in [3.8, 4) is 0 Å². The third-order valence-corrected chi connectivity index (χ3v) is 4.20. The molecule has 0 saturated carbocycles. The van der Waals surface area contributed by atoms with Crippen molar-refractivity contribution in [3.63, 3.8) is 0 Å². The van der Waals surface area contributed by atoms with Crippen molar-refractivity contribution in [3.05, 3.63) is 0 Å². The van der Waals surface area contributed by atoms with Gasteiger partial charge in [0.25, 0.3) is 0 Å². The molecule has 2 N–H and O–H groups in total. The van der Waals surface area contributed by atoms with Crippen LogP contribution in [-0.4, -0.2) is 25.2 Å². The molecule has 0 aromatic carbocycles. The normalized spacial score (nSPS) is 13.1. The Kier molecular flexibility index (Phi) is 15.3. The molecule has 0 rings (SSSR count). The van der Waals surface area contributed by atoms with Gasteiger partial charge in [-0.15, -0.1) is 0 Å². The van der Waals surface area contributed by atoms with Crippen LogP contribution in [0, 0.1) is 0 Å². The van der Waals surface area contributed by atoms with Gasteiger partial charge in [0.15, 0.2) is 0 Å². The topological polar surface area (TPSA) is 24.1 Å². The molecule has 2 nitrogen and oxygen atoms in total. The van der Waals surface area contributed by atoms with Crippen LogP contribution in [0.25, 0.3) is 0 Å². The van der Waals surface area contributed by atoms with Gasteiger partial charge in [0, 0.05) is 12.1 Å². The second kappa shape index (κ2) is 15.3. The van der Waals surface area contributed by atoms with Crippen molar-refractivity contribution in [2.45, 2.75) is 104 Å². The summed E-state index contributed by atoms with van der Waals surface area (Å²) in [5.74, 6) is 0. The van der Waals surface area contributed by atoms with Crippen molar-refractivity contribution in [2.75, 3.05) is 13.1 Å². The lowest BCUT2D eigenvalue weighted by atomic mass is 10.0. The van der Waals surface area contributed by atoms with E-state index < -0.39 is 0 Å². The minimum absolute atomic E-state index is 0.681. The van der Waals surface area contributed by atoms with Crippen LogP contribution in [0.1, 0.15) is 91.9 Å². The summed E-state index contributed by atoms with van der Waals surface area (Å²) < 4.78 is 0. The molecule has 0 aromatic rings. The molecule has 0 aromatic heterocycles. The third kappa shape index (κ3) is 12.9. The largest absolute Gasteiger partial charge is 0.314 e. The average molecular weight is 285 g/mol. The van der Waals surface area contributed by atoms with E-state index in [0.29, 0.717) is 6.04 Å². The minimum atomic E-state index is 0.681. The van der Waals surface area contributed by atoms with Crippen molar-refractivity contribution >= 4 is 0 Å². The molecule has 0 amide bonds. The smallest absolute Gasteiger partial charge is 0.00670 e. The summed E-state index contributed by atoms with van der Waals surface area (Å²) in [6.07, 6.45) is 13.4. The Bertz CT molecular complexity index is 174. The van der Waals surface area contributed by atoms with Gasteiger partial charge in [-0.05, 0) is 52.1 Å². The monoisotopic (exact) mass is 284 g/mol. The van der Waals surface area contributed by atoms with Crippen molar-refractivity contribution in [2.24, 2.45) is 0 Å². The third-order valence-electron chi connectivity index (χ3n) is 4.20. The summed E-state index contributed by atoms with van der Waals surface area (Å²) in [5.41, 5.74) is 0. The van der Waals surface area contributed by atoms with Gasteiger partial charge in [-0.1, -0.05) is 52.9 Å². The van der Waals surface area contributed by atoms with Gasteiger partial charge >= 0.3 is 0 Å². The second-order valence-electron chi connectivity index (χ2n) is 6.26. The van der Waals surface area contributed by atoms with Crippen LogP contribution < -0.4 is 10.6 Å². The highest BCUT2D eigenvalue weighted by Crippen LogP contribution is 2.09. The molecular formula is C18H40N2. The predicted octanol–water partition coefficient (Wildman–Crippen LogP) is 4.88. The molecule has 0 aliphatic heterocycles. The summed E-state index contributed by atoms with van der Waals surface area (Å²) in [7, 11) is 0. The molecule has 0 radical (unpaired) electrons. The highest BCUT2D eigenvalue weighted by Gasteiger charge is 2.06. The molecule has 0 heterocycles. The Morgan fingerprint density at radius 1 is 0.700 bits per heavy atom. The van der Waals surface area contributed by atoms with Gasteiger partial charge in [0.1, 0.15) is 0 Å². The van der Waals surface area contributed by atoms with Gasteiger partial charge in [0.2, 0.25) is 0 Å². The van der Waals surface area contributed by atoms with Crippen LogP contribution in [0.15, 0.2) is 0 Å². The maximum Gasteiger partial charge on any atom is 0.00670 e. The molecule has 0 aliphatic rings. The van der Waals surface area contributed by atoms with E-state index in [1.807, 2.05) is 0 Å². The SMILES string of the molecule is CCCCC(CCCC)NCCCCCNC(C)CC. The van der Waals surface area contributed by atoms with Crippen LogP contribution in [0.5, 0.6) is 0 Å². The van der Waals surface area contributed by atoms with Gasteiger partial charge in [-0.2, -0.15) is 0 Å². The van der Waals surface area contributed by atoms with E-state index in [4.69, 9.17) is 0 Å². The van der Waals surface area contributed by atoms with E-state index in [9.17, 15) is 0 Å². The summed E-state index contributed by atoms with van der Waals surface area (Å²) in [6.45, 7) is 11.5. The Balaban J connectivity index is 3.47. The van der Waals surface area contributed by atoms with Crippen molar-refractivity contribution in [1.82, 2.24) is 10.6 Å². The molecule has 0 aliphatic carbocycles. The zero-order chi connectivity index (χ0) is 15.1. The van der Waals surface area contributed by atoms with Crippen LogP contribution in [0.4, 0.5) is 0 Å². The number of hydrogen-bond acceptors (Lipinski definition) is 2. The van der Waals surface area contributed by atoms with Crippen LogP contribution in [0.3, 0.4) is 0 Å². The van der Waals surface area contributed by atoms with Gasteiger partial charge < -0.3 is 10.6 Å². The fourth-order valence-corrected chi connectivity index (χ4v) is 2.48. The van der Waals surface area contributed by atoms with E-state index in [-0.39, 0.29) is 0 Å². The first-order valence-electron chi connectivity index (χ1n) is 9.21. The van der Waals surface area contributed by atoms with Gasteiger partial charge in [-0.3, -0.25) is 0 Å². The lowest BCUT2D eigenvalue weighted by molar-refractivity contribution is 0.418. The molecule has 0 saturated heterocycles. The fraction of sp³-hybridized carbons (Fsp3) is 1.00. The van der Waals surface area contributed by atoms with Gasteiger partial charge in [-0.25, -0.2) is 0 Å². The van der Waals surface area contributed by atoms with E-state index >= 15 is 0 Å². The highest BCUT2D eigenvalue weighted by molar-refractivity contribution is 4.67. The molecule has 20 heavy (non-hydrogen) atoms. The Morgan fingerprint density at radius 3 is 1.75 bits per heavy atom. The fourth-order valence-electron chi connectivity index (χ4n) is 2.48.